The molecule has 6 aromatic carbocycles. The molecule has 0 spiro atoms. The number of nitrogens with one attached hydrogen (secondary N) is 4. The van der Waals surface area contributed by atoms with Gasteiger partial charge in [0.25, 0.3) is 5.91 Å². The summed E-state index contributed by atoms with van der Waals surface area (Å²) in [7, 11) is 7.64. The second-order valence-electron chi connectivity index (χ2n) is 20.2. The molecule has 0 saturated carbocycles. The number of carboxylic acid groups (broad SMARTS) is 1. The van der Waals surface area contributed by atoms with E-state index in [0.29, 0.717) is 60.8 Å². The number of aliphatic hydroxyl groups excluding tert-OH is 2. The van der Waals surface area contributed by atoms with Gasteiger partial charge in [0.2, 0.25) is 11.7 Å². The average Bonchev–Trinajstić information content (AvgIpc) is 2.24. The highest BCUT2D eigenvalue weighted by Gasteiger charge is 2.46. The number of nitrogens with two attached hydrogens (primary N) is 2. The van der Waals surface area contributed by atoms with Crippen LogP contribution in [0.15, 0.2) is 164 Å². The summed E-state index contributed by atoms with van der Waals surface area (Å²) in [6, 6.07) is 50.0. The Morgan fingerprint density at radius 3 is 1.43 bits per heavy atom. The fourth-order valence-electron chi connectivity index (χ4n) is 9.35. The highest BCUT2D eigenvalue weighted by molar-refractivity contribution is 6.07. The van der Waals surface area contributed by atoms with Gasteiger partial charge < -0.3 is 71.2 Å². The van der Waals surface area contributed by atoms with Gasteiger partial charge in [-0.15, -0.1) is 0 Å². The predicted molar refractivity (Wildman–Crippen MR) is 335 cm³/mol. The van der Waals surface area contributed by atoms with Crippen LogP contribution in [-0.2, 0) is 56.3 Å². The molecule has 7 rings (SSSR count). The van der Waals surface area contributed by atoms with Crippen molar-refractivity contribution >= 4 is 29.8 Å². The molecule has 1 saturated heterocycles. The molecule has 87 heavy (non-hydrogen) atoms. The molecule has 1 heterocycles. The number of benzene rings is 6. The van der Waals surface area contributed by atoms with E-state index in [2.05, 4.69) is 28.2 Å². The summed E-state index contributed by atoms with van der Waals surface area (Å²) in [6.45, 7) is 10.8. The first-order chi connectivity index (χ1) is 41.7. The molecule has 6 aromatic rings. The Labute approximate surface area is 512 Å². The molecule has 20 nitrogen and oxygen atoms in total. The minimum atomic E-state index is -1.25. The minimum absolute atomic E-state index is 0.00537. The number of urea groups is 1. The fourth-order valence-corrected chi connectivity index (χ4v) is 9.35. The molecule has 0 radical (unpaired) electrons. The van der Waals surface area contributed by atoms with Crippen molar-refractivity contribution in [2.24, 2.45) is 11.5 Å². The minimum Gasteiger partial charge on any atom is -0.493 e. The van der Waals surface area contributed by atoms with Crippen LogP contribution < -0.4 is 46.9 Å². The van der Waals surface area contributed by atoms with E-state index in [1.54, 1.807) is 50.4 Å². The van der Waals surface area contributed by atoms with Gasteiger partial charge in [0, 0.05) is 20.8 Å². The number of carbonyl (C=O) groups is 5. The maximum Gasteiger partial charge on any atom is 0.338 e. The number of ether oxygens (including phenoxy) is 6. The number of esters is 1. The van der Waals surface area contributed by atoms with Crippen LogP contribution in [0.5, 0.6) is 17.2 Å². The first-order valence-corrected chi connectivity index (χ1v) is 28.7. The van der Waals surface area contributed by atoms with E-state index < -0.39 is 45.7 Å². The summed E-state index contributed by atoms with van der Waals surface area (Å²) >= 11 is 0. The number of carbonyl (C=O) groups excluding carboxylic acids is 4. The topological polar surface area (TPSA) is 302 Å². The van der Waals surface area contributed by atoms with Gasteiger partial charge in [0.05, 0.1) is 63.3 Å². The molecule has 5 atom stereocenters. The third kappa shape index (κ3) is 19.9. The van der Waals surface area contributed by atoms with Crippen molar-refractivity contribution in [3.63, 3.8) is 0 Å². The van der Waals surface area contributed by atoms with Crippen LogP contribution in [0.4, 0.5) is 4.79 Å². The van der Waals surface area contributed by atoms with Crippen LogP contribution in [0.2, 0.25) is 0 Å². The summed E-state index contributed by atoms with van der Waals surface area (Å²) < 4.78 is 31.7. The number of rotatable bonds is 26. The number of aliphatic hydroxyl groups is 2. The van der Waals surface area contributed by atoms with Gasteiger partial charge in [-0.2, -0.15) is 0 Å². The molecule has 1 aliphatic rings. The first-order valence-electron chi connectivity index (χ1n) is 28.7. The molecule has 0 aromatic heterocycles. The number of amides is 4. The largest absolute Gasteiger partial charge is 0.493 e. The van der Waals surface area contributed by atoms with Crippen LogP contribution in [0.1, 0.15) is 105 Å². The van der Waals surface area contributed by atoms with E-state index in [-0.39, 0.29) is 38.2 Å². The van der Waals surface area contributed by atoms with Crippen molar-refractivity contribution < 1.29 is 67.7 Å². The Balaban J connectivity index is 0.000000299. The van der Waals surface area contributed by atoms with Crippen LogP contribution in [0.25, 0.3) is 0 Å². The van der Waals surface area contributed by atoms with Gasteiger partial charge in [0.15, 0.2) is 11.5 Å². The van der Waals surface area contributed by atoms with E-state index in [1.165, 1.54) is 28.4 Å². The van der Waals surface area contributed by atoms with Crippen molar-refractivity contribution in [3.05, 3.63) is 197 Å². The molecule has 1 fully saturated rings. The second kappa shape index (κ2) is 36.7. The van der Waals surface area contributed by atoms with Crippen molar-refractivity contribution in [2.75, 3.05) is 75.1 Å². The molecule has 0 unspecified atom stereocenters. The van der Waals surface area contributed by atoms with Crippen LogP contribution >= 0.6 is 0 Å². The van der Waals surface area contributed by atoms with E-state index >= 15 is 0 Å². The van der Waals surface area contributed by atoms with Crippen molar-refractivity contribution in [1.29, 1.82) is 0 Å². The Kier molecular flexibility index (Phi) is 30.8. The SMILES string of the molecule is CC[C@@](CO)(NC(=O)COC)c1ccccc1.CC[C@@](COC(=O)c1cc(OC)c(OC)c(OC)c1)(NCCOC)c1ccccc1.CC[C@](N)(C(=O)O)c1ccccc1.CC[C@](N)(CO)c1ccccc1.CC[C@]1(c2ccccc2)NC(=O)NC1=O. The third-order valence-electron chi connectivity index (χ3n) is 15.1. The Morgan fingerprint density at radius 2 is 1.06 bits per heavy atom. The van der Waals surface area contributed by atoms with E-state index in [4.69, 9.17) is 50.1 Å². The lowest BCUT2D eigenvalue weighted by atomic mass is 9.87. The average molecular weight is 1200 g/mol. The van der Waals surface area contributed by atoms with Gasteiger partial charge >= 0.3 is 18.0 Å². The Bertz CT molecular complexity index is 2970. The first kappa shape index (κ1) is 73.0. The Hall–Kier alpha value is -8.21. The number of imide groups is 1. The highest BCUT2D eigenvalue weighted by Crippen LogP contribution is 2.39. The number of hydrogen-bond acceptors (Lipinski definition) is 16. The predicted octanol–water partition coefficient (Wildman–Crippen LogP) is 8.17. The zero-order valence-electron chi connectivity index (χ0n) is 51.9. The molecule has 0 aliphatic carbocycles. The van der Waals surface area contributed by atoms with Gasteiger partial charge in [-0.25, -0.2) is 14.4 Å². The smallest absolute Gasteiger partial charge is 0.338 e. The molecule has 20 heteroatoms. The van der Waals surface area contributed by atoms with Crippen LogP contribution in [0.3, 0.4) is 0 Å². The summed E-state index contributed by atoms with van der Waals surface area (Å²) in [4.78, 5) is 58.3. The van der Waals surface area contributed by atoms with E-state index in [1.807, 2.05) is 148 Å². The number of methoxy groups -OCH3 is 5. The molecule has 4 amide bonds. The van der Waals surface area contributed by atoms with Gasteiger partial charge in [-0.1, -0.05) is 186 Å². The zero-order chi connectivity index (χ0) is 64.5. The van der Waals surface area contributed by atoms with Crippen LogP contribution in [-0.4, -0.2) is 120 Å². The van der Waals surface area contributed by atoms with E-state index in [9.17, 15) is 29.1 Å². The maximum absolute atomic E-state index is 12.9. The number of aliphatic carboxylic acids is 1. The second-order valence-corrected chi connectivity index (χ2v) is 20.2. The molecular formula is C67H90N6O14. The fraction of sp³-hybridized carbons (Fsp3) is 0.388. The lowest BCUT2D eigenvalue weighted by Gasteiger charge is -2.34. The molecule has 0 bridgehead atoms. The van der Waals surface area contributed by atoms with Crippen molar-refractivity contribution in [2.45, 2.75) is 94.4 Å². The van der Waals surface area contributed by atoms with Crippen molar-refractivity contribution in [3.8, 4) is 17.2 Å². The normalized spacial score (nSPS) is 15.8. The van der Waals surface area contributed by atoms with Crippen molar-refractivity contribution in [1.82, 2.24) is 21.3 Å². The third-order valence-corrected chi connectivity index (χ3v) is 15.1. The maximum atomic E-state index is 12.9. The monoisotopic (exact) mass is 1200 g/mol. The number of hydrogen-bond donors (Lipinski definition) is 9. The molecule has 472 valence electrons. The standard InChI is InChI=1S/C23H31NO6.C13H19NO3.C11H12N2O2.C10H13NO2.C10H15NO/c1-6-23(24-12-13-26-2,18-10-8-7-9-11-18)16-30-22(25)17-14-19(27-3)21(29-5)20(15-17)28-4;1-3-13(10-15,14-12(16)9-17-2)11-7-5-4-6-8-11;1-2-11(8-6-4-3-5-7-8)9(14)12-10(15)13-11;1-2-10(11,9(12)13)8-6-4-3-5-7-8;1-2-10(11,8-12)9-6-4-3-5-7-9/h7-11,14-15,24H,6,12-13,16H2,1-5H3;4-8,15H,3,9-10H2,1-2H3,(H,14,16);3-7H,2H2,1H3,(H2,12,13,14,15);3-7H,2,11H2,1H3,(H,12,13);3-7,12H,2,8,11H2,1H3/t23-;13-;11-;2*10-/m00110/s1. The van der Waals surface area contributed by atoms with Gasteiger partial charge in [-0.3, -0.25) is 14.9 Å². The summed E-state index contributed by atoms with van der Waals surface area (Å²) in [5.41, 5.74) is 12.5. The van der Waals surface area contributed by atoms with Gasteiger partial charge in [0.1, 0.15) is 24.3 Å². The lowest BCUT2D eigenvalue weighted by molar-refractivity contribution is -0.144. The summed E-state index contributed by atoms with van der Waals surface area (Å²) in [6.07, 6.45) is 3.00. The molecule has 1 aliphatic heterocycles. The quantitative estimate of drug-likeness (QED) is 0.0140. The van der Waals surface area contributed by atoms with E-state index in [0.717, 1.165) is 35.1 Å². The lowest BCUT2D eigenvalue weighted by Crippen LogP contribution is -2.49. The summed E-state index contributed by atoms with van der Waals surface area (Å²) in [5.74, 6) is -0.755. The van der Waals surface area contributed by atoms with Crippen LogP contribution in [0, 0.1) is 0 Å². The zero-order valence-corrected chi connectivity index (χ0v) is 51.9. The Morgan fingerprint density at radius 1 is 0.586 bits per heavy atom. The summed E-state index contributed by atoms with van der Waals surface area (Å²) in [5, 5.41) is 38.9. The number of carboxylic acids is 1. The van der Waals surface area contributed by atoms with Gasteiger partial charge in [-0.05, 0) is 72.1 Å². The molecular weight excluding hydrogens is 1110 g/mol. The highest BCUT2D eigenvalue weighted by atomic mass is 16.5. The molecule has 11 N–H and O–H groups in total.